The van der Waals surface area contributed by atoms with Crippen molar-refractivity contribution in [3.05, 3.63) is 0 Å². The second-order valence-corrected chi connectivity index (χ2v) is 6.11. The van der Waals surface area contributed by atoms with Crippen molar-refractivity contribution in [2.45, 2.75) is 58.1 Å². The zero-order valence-electron chi connectivity index (χ0n) is 11.0. The Labute approximate surface area is 99.4 Å². The summed E-state index contributed by atoms with van der Waals surface area (Å²) in [5.74, 6) is 0.760. The van der Waals surface area contributed by atoms with Crippen LogP contribution in [0.25, 0.3) is 0 Å². The Morgan fingerprint density at radius 1 is 1.06 bits per heavy atom. The minimum atomic E-state index is -0.176. The lowest BCUT2D eigenvalue weighted by Gasteiger charge is -2.32. The standard InChI is InChI=1S/C12H24BNO2/c1-11(2)12(3,4)16-13(15-11)9-10-5-7-14-8-6-10/h10,14H,5-9H2,1-4H3. The summed E-state index contributed by atoms with van der Waals surface area (Å²) >= 11 is 0. The number of hydrogen-bond donors (Lipinski definition) is 1. The summed E-state index contributed by atoms with van der Waals surface area (Å²) in [6, 6.07) is 0. The second-order valence-electron chi connectivity index (χ2n) is 6.11. The van der Waals surface area contributed by atoms with Crippen LogP contribution in [0.3, 0.4) is 0 Å². The molecule has 16 heavy (non-hydrogen) atoms. The molecule has 0 aliphatic carbocycles. The predicted octanol–water partition coefficient (Wildman–Crippen LogP) is 2.08. The molecule has 0 bridgehead atoms. The molecule has 4 heteroatoms. The van der Waals surface area contributed by atoms with Crippen molar-refractivity contribution in [3.63, 3.8) is 0 Å². The zero-order valence-corrected chi connectivity index (χ0v) is 11.0. The monoisotopic (exact) mass is 225 g/mol. The van der Waals surface area contributed by atoms with Gasteiger partial charge in [0, 0.05) is 0 Å². The Kier molecular flexibility index (Phi) is 3.35. The summed E-state index contributed by atoms with van der Waals surface area (Å²) in [4.78, 5) is 0. The summed E-state index contributed by atoms with van der Waals surface area (Å²) in [6.45, 7) is 10.8. The highest BCUT2D eigenvalue weighted by molar-refractivity contribution is 6.45. The van der Waals surface area contributed by atoms with E-state index in [0.29, 0.717) is 0 Å². The van der Waals surface area contributed by atoms with Gasteiger partial charge in [-0.3, -0.25) is 0 Å². The van der Waals surface area contributed by atoms with Gasteiger partial charge in [0.05, 0.1) is 11.2 Å². The van der Waals surface area contributed by atoms with Crippen molar-refractivity contribution in [2.24, 2.45) is 5.92 Å². The van der Waals surface area contributed by atoms with Crippen LogP contribution in [0.1, 0.15) is 40.5 Å². The van der Waals surface area contributed by atoms with E-state index in [1.807, 2.05) is 0 Å². The van der Waals surface area contributed by atoms with E-state index in [0.717, 1.165) is 25.3 Å². The maximum Gasteiger partial charge on any atom is 0.458 e. The smallest absolute Gasteiger partial charge is 0.403 e. The van der Waals surface area contributed by atoms with Crippen LogP contribution in [0.5, 0.6) is 0 Å². The first-order valence-corrected chi connectivity index (χ1v) is 6.47. The fourth-order valence-electron chi connectivity index (χ4n) is 2.45. The third-order valence-electron chi connectivity index (χ3n) is 4.29. The van der Waals surface area contributed by atoms with Crippen LogP contribution in [-0.4, -0.2) is 31.4 Å². The molecule has 2 heterocycles. The molecule has 2 fully saturated rings. The molecule has 2 saturated heterocycles. The molecule has 0 unspecified atom stereocenters. The Hall–Kier alpha value is -0.0551. The van der Waals surface area contributed by atoms with E-state index < -0.39 is 0 Å². The minimum absolute atomic E-state index is 0.00639. The van der Waals surface area contributed by atoms with Crippen LogP contribution in [-0.2, 0) is 9.31 Å². The van der Waals surface area contributed by atoms with E-state index in [1.54, 1.807) is 0 Å². The largest absolute Gasteiger partial charge is 0.458 e. The maximum atomic E-state index is 6.02. The van der Waals surface area contributed by atoms with Crippen LogP contribution in [0.4, 0.5) is 0 Å². The molecule has 3 nitrogen and oxygen atoms in total. The molecule has 2 aliphatic heterocycles. The number of hydrogen-bond acceptors (Lipinski definition) is 3. The summed E-state index contributed by atoms with van der Waals surface area (Å²) in [5, 5.41) is 3.39. The van der Waals surface area contributed by atoms with E-state index >= 15 is 0 Å². The van der Waals surface area contributed by atoms with Gasteiger partial charge in [-0.05, 0) is 65.9 Å². The molecule has 0 aromatic heterocycles. The van der Waals surface area contributed by atoms with Gasteiger partial charge in [0.25, 0.3) is 0 Å². The third-order valence-corrected chi connectivity index (χ3v) is 4.29. The van der Waals surface area contributed by atoms with Gasteiger partial charge in [-0.25, -0.2) is 0 Å². The van der Waals surface area contributed by atoms with Crippen molar-refractivity contribution in [3.8, 4) is 0 Å². The minimum Gasteiger partial charge on any atom is -0.403 e. The Morgan fingerprint density at radius 2 is 1.56 bits per heavy atom. The third kappa shape index (κ3) is 2.44. The number of piperidine rings is 1. The summed E-state index contributed by atoms with van der Waals surface area (Å²) in [6.07, 6.45) is 3.56. The van der Waals surface area contributed by atoms with Crippen molar-refractivity contribution < 1.29 is 9.31 Å². The SMILES string of the molecule is CC1(C)OB(CC2CCNCC2)OC1(C)C. The molecular weight excluding hydrogens is 201 g/mol. The van der Waals surface area contributed by atoms with Crippen LogP contribution >= 0.6 is 0 Å². The molecule has 0 spiro atoms. The molecular formula is C12H24BNO2. The predicted molar refractivity (Wildman–Crippen MR) is 66.5 cm³/mol. The number of nitrogens with one attached hydrogen (secondary N) is 1. The van der Waals surface area contributed by atoms with Gasteiger partial charge in [-0.2, -0.15) is 0 Å². The molecule has 0 amide bonds. The normalized spacial score (nSPS) is 29.6. The molecule has 0 atom stereocenters. The first kappa shape index (κ1) is 12.4. The van der Waals surface area contributed by atoms with Crippen LogP contribution < -0.4 is 5.32 Å². The summed E-state index contributed by atoms with van der Waals surface area (Å²) < 4.78 is 12.0. The van der Waals surface area contributed by atoms with Gasteiger partial charge in [0.2, 0.25) is 0 Å². The molecule has 1 N–H and O–H groups in total. The number of rotatable bonds is 2. The van der Waals surface area contributed by atoms with Crippen LogP contribution in [0.15, 0.2) is 0 Å². The molecule has 0 radical (unpaired) electrons. The summed E-state index contributed by atoms with van der Waals surface area (Å²) in [7, 11) is -0.00639. The highest BCUT2D eigenvalue weighted by atomic mass is 16.7. The Morgan fingerprint density at radius 3 is 2.06 bits per heavy atom. The summed E-state index contributed by atoms with van der Waals surface area (Å²) in [5.41, 5.74) is -0.352. The molecule has 0 saturated carbocycles. The lowest BCUT2D eigenvalue weighted by atomic mass is 9.74. The molecule has 2 rings (SSSR count). The van der Waals surface area contributed by atoms with E-state index in [1.165, 1.54) is 12.8 Å². The molecule has 0 aromatic carbocycles. The quantitative estimate of drug-likeness (QED) is 0.730. The fraction of sp³-hybridized carbons (Fsp3) is 1.00. The highest BCUT2D eigenvalue weighted by Crippen LogP contribution is 2.39. The topological polar surface area (TPSA) is 30.5 Å². The van der Waals surface area contributed by atoms with E-state index in [4.69, 9.17) is 9.31 Å². The fourth-order valence-corrected chi connectivity index (χ4v) is 2.45. The van der Waals surface area contributed by atoms with E-state index in [2.05, 4.69) is 33.0 Å². The van der Waals surface area contributed by atoms with Gasteiger partial charge in [0.15, 0.2) is 0 Å². The zero-order chi connectivity index (χ0) is 11.8. The molecule has 2 aliphatic rings. The van der Waals surface area contributed by atoms with Crippen LogP contribution in [0, 0.1) is 5.92 Å². The van der Waals surface area contributed by atoms with Crippen molar-refractivity contribution in [2.75, 3.05) is 13.1 Å². The highest BCUT2D eigenvalue weighted by Gasteiger charge is 2.51. The van der Waals surface area contributed by atoms with Gasteiger partial charge in [-0.1, -0.05) is 0 Å². The van der Waals surface area contributed by atoms with E-state index in [9.17, 15) is 0 Å². The average molecular weight is 225 g/mol. The maximum absolute atomic E-state index is 6.02. The lowest BCUT2D eigenvalue weighted by molar-refractivity contribution is 0.00578. The lowest BCUT2D eigenvalue weighted by Crippen LogP contribution is -2.41. The van der Waals surface area contributed by atoms with Crippen molar-refractivity contribution >= 4 is 7.12 Å². The van der Waals surface area contributed by atoms with Gasteiger partial charge < -0.3 is 14.6 Å². The van der Waals surface area contributed by atoms with E-state index in [-0.39, 0.29) is 18.3 Å². The Bertz CT molecular complexity index is 233. The van der Waals surface area contributed by atoms with Gasteiger partial charge in [-0.15, -0.1) is 0 Å². The van der Waals surface area contributed by atoms with Crippen molar-refractivity contribution in [1.29, 1.82) is 0 Å². The van der Waals surface area contributed by atoms with Crippen molar-refractivity contribution in [1.82, 2.24) is 5.32 Å². The molecule has 0 aromatic rings. The second kappa shape index (κ2) is 4.32. The Balaban J connectivity index is 1.88. The van der Waals surface area contributed by atoms with Gasteiger partial charge >= 0.3 is 7.12 Å². The average Bonchev–Trinajstić information content (AvgIpc) is 2.36. The first-order valence-electron chi connectivity index (χ1n) is 6.47. The molecule has 92 valence electrons. The first-order chi connectivity index (χ1) is 7.41. The van der Waals surface area contributed by atoms with Crippen LogP contribution in [0.2, 0.25) is 6.32 Å². The van der Waals surface area contributed by atoms with Gasteiger partial charge in [0.1, 0.15) is 0 Å².